The lowest BCUT2D eigenvalue weighted by Crippen LogP contribution is -2.66. The summed E-state index contributed by atoms with van der Waals surface area (Å²) >= 11 is 0. The fraction of sp³-hybridized carbons (Fsp3) is 0.739. The van der Waals surface area contributed by atoms with E-state index in [1.54, 1.807) is 0 Å². The topological polar surface area (TPSA) is 59.1 Å². The molecule has 0 amide bonds. The highest BCUT2D eigenvalue weighted by Crippen LogP contribution is 2.22. The van der Waals surface area contributed by atoms with Gasteiger partial charge >= 0.3 is 0 Å². The SMILES string of the molecule is CCCCCCCCCCCCCCc1ccccc1C(C)(C)[NH3+].Cl.O. The highest BCUT2D eigenvalue weighted by Gasteiger charge is 2.20. The second kappa shape index (κ2) is 16.6. The molecule has 0 aliphatic carbocycles. The fourth-order valence-electron chi connectivity index (χ4n) is 3.55. The average Bonchev–Trinajstić information content (AvgIpc) is 2.55. The molecule has 0 aliphatic rings. The van der Waals surface area contributed by atoms with E-state index in [-0.39, 0.29) is 23.4 Å². The lowest BCUT2D eigenvalue weighted by Gasteiger charge is -2.19. The van der Waals surface area contributed by atoms with Gasteiger partial charge in [-0.15, -0.1) is 12.4 Å². The Labute approximate surface area is 169 Å². The van der Waals surface area contributed by atoms with Gasteiger partial charge in [0.05, 0.1) is 0 Å². The molecule has 0 radical (unpaired) electrons. The molecule has 0 heterocycles. The van der Waals surface area contributed by atoms with Crippen molar-refractivity contribution >= 4 is 12.4 Å². The summed E-state index contributed by atoms with van der Waals surface area (Å²) in [6.45, 7) is 6.72. The molecule has 0 aromatic heterocycles. The Kier molecular flexibility index (Phi) is 17.6. The summed E-state index contributed by atoms with van der Waals surface area (Å²) in [4.78, 5) is 0. The molecule has 0 fully saturated rings. The summed E-state index contributed by atoms with van der Waals surface area (Å²) in [5, 5.41) is 0. The van der Waals surface area contributed by atoms with E-state index in [4.69, 9.17) is 0 Å². The van der Waals surface area contributed by atoms with E-state index in [9.17, 15) is 0 Å². The monoisotopic (exact) mass is 386 g/mol. The van der Waals surface area contributed by atoms with Gasteiger partial charge in [-0.25, -0.2) is 0 Å². The molecule has 0 unspecified atom stereocenters. The Bertz CT molecular complexity index is 428. The number of unbranched alkanes of at least 4 members (excludes halogenated alkanes) is 11. The van der Waals surface area contributed by atoms with Crippen molar-refractivity contribution < 1.29 is 11.2 Å². The molecule has 0 aliphatic heterocycles. The van der Waals surface area contributed by atoms with Crippen LogP contribution in [0.5, 0.6) is 0 Å². The molecular weight excluding hydrogens is 342 g/mol. The third kappa shape index (κ3) is 12.7. The van der Waals surface area contributed by atoms with E-state index in [1.165, 1.54) is 94.6 Å². The molecule has 0 saturated carbocycles. The Morgan fingerprint density at radius 1 is 0.731 bits per heavy atom. The van der Waals surface area contributed by atoms with Gasteiger partial charge in [0.2, 0.25) is 0 Å². The van der Waals surface area contributed by atoms with Gasteiger partial charge < -0.3 is 11.2 Å². The van der Waals surface area contributed by atoms with Crippen LogP contribution in [0.25, 0.3) is 0 Å². The van der Waals surface area contributed by atoms with Gasteiger partial charge in [-0.2, -0.15) is 0 Å². The maximum absolute atomic E-state index is 4.31. The van der Waals surface area contributed by atoms with Crippen LogP contribution in [-0.2, 0) is 12.0 Å². The highest BCUT2D eigenvalue weighted by atomic mass is 35.5. The van der Waals surface area contributed by atoms with Crippen LogP contribution in [0.2, 0.25) is 0 Å². The Morgan fingerprint density at radius 3 is 1.62 bits per heavy atom. The molecule has 0 saturated heterocycles. The van der Waals surface area contributed by atoms with E-state index >= 15 is 0 Å². The molecule has 26 heavy (non-hydrogen) atoms. The molecule has 1 aromatic carbocycles. The second-order valence-electron chi connectivity index (χ2n) is 8.18. The lowest BCUT2D eigenvalue weighted by atomic mass is 9.89. The summed E-state index contributed by atoms with van der Waals surface area (Å²) in [6, 6.07) is 8.86. The van der Waals surface area contributed by atoms with Crippen LogP contribution in [0.15, 0.2) is 24.3 Å². The van der Waals surface area contributed by atoms with Gasteiger partial charge in [-0.3, -0.25) is 0 Å². The first-order valence-corrected chi connectivity index (χ1v) is 10.5. The van der Waals surface area contributed by atoms with Gasteiger partial charge in [0, 0.05) is 5.56 Å². The Hall–Kier alpha value is -0.570. The van der Waals surface area contributed by atoms with E-state index in [0.717, 1.165) is 0 Å². The average molecular weight is 387 g/mol. The standard InChI is InChI=1S/C23H41N.ClH.H2O/c1-4-5-6-7-8-9-10-11-12-13-14-15-18-21-19-16-17-20-22(21)23(2,3)24;;/h16-17,19-20H,4-15,18,24H2,1-3H3;1H;1H2/p+1. The van der Waals surface area contributed by atoms with Crippen molar-refractivity contribution in [2.75, 3.05) is 0 Å². The van der Waals surface area contributed by atoms with Crippen LogP contribution in [0.4, 0.5) is 0 Å². The molecule has 154 valence electrons. The number of rotatable bonds is 14. The number of hydrogen-bond donors (Lipinski definition) is 1. The maximum Gasteiger partial charge on any atom is 0.115 e. The number of aryl methyl sites for hydroxylation is 1. The quantitative estimate of drug-likeness (QED) is 0.381. The predicted molar refractivity (Wildman–Crippen MR) is 118 cm³/mol. The van der Waals surface area contributed by atoms with Crippen LogP contribution in [0.3, 0.4) is 0 Å². The number of quaternary nitrogens is 1. The van der Waals surface area contributed by atoms with Crippen LogP contribution in [-0.4, -0.2) is 5.48 Å². The van der Waals surface area contributed by atoms with Gasteiger partial charge in [0.25, 0.3) is 0 Å². The van der Waals surface area contributed by atoms with E-state index in [0.29, 0.717) is 0 Å². The van der Waals surface area contributed by atoms with Crippen molar-refractivity contribution in [1.29, 1.82) is 0 Å². The van der Waals surface area contributed by atoms with E-state index in [2.05, 4.69) is 50.8 Å². The Morgan fingerprint density at radius 2 is 1.15 bits per heavy atom. The molecule has 0 atom stereocenters. The van der Waals surface area contributed by atoms with Gasteiger partial charge in [0.1, 0.15) is 5.54 Å². The zero-order valence-electron chi connectivity index (χ0n) is 17.6. The minimum atomic E-state index is 0. The first kappa shape index (κ1) is 27.6. The first-order chi connectivity index (χ1) is 11.6. The molecule has 3 heteroatoms. The summed E-state index contributed by atoms with van der Waals surface area (Å²) in [6.07, 6.45) is 18.2. The fourth-order valence-corrected chi connectivity index (χ4v) is 3.55. The van der Waals surface area contributed by atoms with Crippen LogP contribution < -0.4 is 5.73 Å². The largest absolute Gasteiger partial charge is 0.412 e. The molecule has 1 rings (SSSR count). The molecular formula is C23H45ClNO+. The highest BCUT2D eigenvalue weighted by molar-refractivity contribution is 5.85. The van der Waals surface area contributed by atoms with Crippen molar-refractivity contribution in [2.24, 2.45) is 0 Å². The van der Waals surface area contributed by atoms with Crippen LogP contribution in [0, 0.1) is 0 Å². The van der Waals surface area contributed by atoms with Crippen molar-refractivity contribution in [3.8, 4) is 0 Å². The normalized spacial score (nSPS) is 10.9. The van der Waals surface area contributed by atoms with Crippen molar-refractivity contribution in [3.05, 3.63) is 35.4 Å². The summed E-state index contributed by atoms with van der Waals surface area (Å²) < 4.78 is 0. The first-order valence-electron chi connectivity index (χ1n) is 10.5. The van der Waals surface area contributed by atoms with Gasteiger partial charge in [-0.1, -0.05) is 102 Å². The second-order valence-corrected chi connectivity index (χ2v) is 8.18. The summed E-state index contributed by atoms with van der Waals surface area (Å²) in [5.74, 6) is 0. The number of benzene rings is 1. The molecule has 2 nitrogen and oxygen atoms in total. The minimum Gasteiger partial charge on any atom is -0.412 e. The zero-order chi connectivity index (χ0) is 17.7. The third-order valence-electron chi connectivity index (χ3n) is 5.05. The lowest BCUT2D eigenvalue weighted by molar-refractivity contribution is -0.475. The zero-order valence-corrected chi connectivity index (χ0v) is 18.4. The third-order valence-corrected chi connectivity index (χ3v) is 5.05. The van der Waals surface area contributed by atoms with E-state index < -0.39 is 0 Å². The van der Waals surface area contributed by atoms with E-state index in [1.807, 2.05) is 0 Å². The van der Waals surface area contributed by atoms with Crippen molar-refractivity contribution in [3.63, 3.8) is 0 Å². The predicted octanol–water partition coefficient (Wildman–Crippen LogP) is 6.00. The van der Waals surface area contributed by atoms with Gasteiger partial charge in [-0.05, 0) is 32.3 Å². The van der Waals surface area contributed by atoms with Crippen LogP contribution in [0.1, 0.15) is 109 Å². The van der Waals surface area contributed by atoms with Crippen molar-refractivity contribution in [1.82, 2.24) is 0 Å². The maximum atomic E-state index is 4.31. The number of hydrogen-bond acceptors (Lipinski definition) is 0. The smallest absolute Gasteiger partial charge is 0.115 e. The molecule has 1 aromatic rings. The van der Waals surface area contributed by atoms with Gasteiger partial charge in [0.15, 0.2) is 0 Å². The number of halogens is 1. The Balaban J connectivity index is 0. The molecule has 0 bridgehead atoms. The van der Waals surface area contributed by atoms with Crippen molar-refractivity contribution in [2.45, 2.75) is 110 Å². The minimum absolute atomic E-state index is 0. The molecule has 0 spiro atoms. The van der Waals surface area contributed by atoms with Crippen LogP contribution >= 0.6 is 12.4 Å². The summed E-state index contributed by atoms with van der Waals surface area (Å²) in [5.41, 5.74) is 7.26. The molecule has 5 N–H and O–H groups in total. The summed E-state index contributed by atoms with van der Waals surface area (Å²) in [7, 11) is 0.